The third-order valence-corrected chi connectivity index (χ3v) is 4.11. The average molecular weight is 275 g/mol. The van der Waals surface area contributed by atoms with Gasteiger partial charge in [-0.25, -0.2) is 0 Å². The Kier molecular flexibility index (Phi) is 3.78. The molecule has 20 heavy (non-hydrogen) atoms. The zero-order valence-electron chi connectivity index (χ0n) is 11.6. The Hall–Kier alpha value is -1.75. The van der Waals surface area contributed by atoms with Gasteiger partial charge in [-0.05, 0) is 18.6 Å². The Morgan fingerprint density at radius 1 is 1.35 bits per heavy atom. The van der Waals surface area contributed by atoms with Gasteiger partial charge in [0, 0.05) is 50.4 Å². The van der Waals surface area contributed by atoms with Crippen molar-refractivity contribution in [3.8, 4) is 5.75 Å². The highest BCUT2D eigenvalue weighted by Crippen LogP contribution is 2.22. The Bertz CT molecular complexity index is 492. The summed E-state index contributed by atoms with van der Waals surface area (Å²) in [5.41, 5.74) is 6.44. The third kappa shape index (κ3) is 2.88. The van der Waals surface area contributed by atoms with Gasteiger partial charge >= 0.3 is 0 Å². The van der Waals surface area contributed by atoms with Crippen LogP contribution >= 0.6 is 0 Å². The lowest BCUT2D eigenvalue weighted by atomic mass is 10.1. The van der Waals surface area contributed by atoms with Crippen LogP contribution in [0, 0.1) is 0 Å². The smallest absolute Gasteiger partial charge is 0.222 e. The van der Waals surface area contributed by atoms with E-state index in [-0.39, 0.29) is 0 Å². The number of piperazine rings is 1. The fraction of sp³-hybridized carbons (Fsp3) is 0.533. The molecule has 2 aliphatic rings. The first-order valence-corrected chi connectivity index (χ1v) is 7.22. The molecule has 2 heterocycles. The van der Waals surface area contributed by atoms with Crippen LogP contribution in [0.5, 0.6) is 5.75 Å². The predicted octanol–water partition coefficient (Wildman–Crippen LogP) is 0.954. The van der Waals surface area contributed by atoms with Gasteiger partial charge in [0.1, 0.15) is 12.4 Å². The van der Waals surface area contributed by atoms with Gasteiger partial charge in [-0.2, -0.15) is 0 Å². The minimum Gasteiger partial charge on any atom is -0.492 e. The number of hydrogen-bond donors (Lipinski definition) is 1. The molecular weight excluding hydrogens is 254 g/mol. The number of nitrogens with two attached hydrogens (primary N) is 1. The van der Waals surface area contributed by atoms with Crippen LogP contribution in [-0.2, 0) is 4.79 Å². The summed E-state index contributed by atoms with van der Waals surface area (Å²) in [5.74, 6) is 1.14. The second-order valence-corrected chi connectivity index (χ2v) is 5.50. The second kappa shape index (κ2) is 5.71. The molecule has 3 rings (SSSR count). The summed E-state index contributed by atoms with van der Waals surface area (Å²) in [6.07, 6.45) is 1.73. The fourth-order valence-corrected chi connectivity index (χ4v) is 3.03. The molecule has 1 atom stereocenters. The number of anilines is 1. The summed E-state index contributed by atoms with van der Waals surface area (Å²) in [4.78, 5) is 16.0. The van der Waals surface area contributed by atoms with Crippen LogP contribution in [0.25, 0.3) is 0 Å². The maximum atomic E-state index is 11.6. The predicted molar refractivity (Wildman–Crippen MR) is 77.5 cm³/mol. The van der Waals surface area contributed by atoms with E-state index in [9.17, 15) is 4.79 Å². The molecule has 2 fully saturated rings. The third-order valence-electron chi connectivity index (χ3n) is 4.11. The number of ether oxygens (including phenoxy) is 1. The van der Waals surface area contributed by atoms with Crippen molar-refractivity contribution >= 4 is 11.6 Å². The highest BCUT2D eigenvalue weighted by atomic mass is 16.5. The van der Waals surface area contributed by atoms with E-state index in [1.807, 2.05) is 29.2 Å². The van der Waals surface area contributed by atoms with Crippen molar-refractivity contribution in [1.82, 2.24) is 9.80 Å². The van der Waals surface area contributed by atoms with E-state index in [1.165, 1.54) is 0 Å². The standard InChI is InChI=1S/C15H21N3O2/c16-12-2-1-3-14(10-12)20-9-8-17-6-7-18-13(11-17)4-5-15(18)19/h1-3,10,13H,4-9,11,16H2. The van der Waals surface area contributed by atoms with E-state index in [2.05, 4.69) is 4.90 Å². The summed E-state index contributed by atoms with van der Waals surface area (Å²) < 4.78 is 5.72. The van der Waals surface area contributed by atoms with E-state index in [1.54, 1.807) is 0 Å². The maximum absolute atomic E-state index is 11.6. The lowest BCUT2D eigenvalue weighted by Gasteiger charge is -2.37. The number of nitrogen functional groups attached to an aromatic ring is 1. The van der Waals surface area contributed by atoms with Gasteiger partial charge in [-0.1, -0.05) is 6.07 Å². The van der Waals surface area contributed by atoms with Gasteiger partial charge in [0.2, 0.25) is 5.91 Å². The number of nitrogens with zero attached hydrogens (tertiary/aromatic N) is 2. The van der Waals surface area contributed by atoms with E-state index >= 15 is 0 Å². The molecule has 0 aliphatic carbocycles. The molecule has 0 aromatic heterocycles. The van der Waals surface area contributed by atoms with Crippen LogP contribution in [0.1, 0.15) is 12.8 Å². The van der Waals surface area contributed by atoms with Gasteiger partial charge in [0.25, 0.3) is 0 Å². The quantitative estimate of drug-likeness (QED) is 0.831. The normalized spacial score (nSPS) is 22.9. The minimum absolute atomic E-state index is 0.325. The largest absolute Gasteiger partial charge is 0.492 e. The molecule has 0 saturated carbocycles. The molecule has 5 nitrogen and oxygen atoms in total. The molecule has 0 bridgehead atoms. The van der Waals surface area contributed by atoms with Crippen molar-refractivity contribution in [3.05, 3.63) is 24.3 Å². The number of rotatable bonds is 4. The molecule has 1 unspecified atom stereocenters. The summed E-state index contributed by atoms with van der Waals surface area (Å²) in [7, 11) is 0. The zero-order chi connectivity index (χ0) is 13.9. The molecule has 5 heteroatoms. The molecule has 1 amide bonds. The zero-order valence-corrected chi connectivity index (χ0v) is 11.6. The van der Waals surface area contributed by atoms with Crippen LogP contribution in [-0.4, -0.2) is 54.5 Å². The van der Waals surface area contributed by atoms with E-state index < -0.39 is 0 Å². The minimum atomic E-state index is 0.325. The molecule has 2 aliphatic heterocycles. The van der Waals surface area contributed by atoms with Crippen LogP contribution in [0.2, 0.25) is 0 Å². The van der Waals surface area contributed by atoms with Gasteiger partial charge in [0.05, 0.1) is 0 Å². The van der Waals surface area contributed by atoms with Crippen LogP contribution < -0.4 is 10.5 Å². The van der Waals surface area contributed by atoms with E-state index in [0.29, 0.717) is 18.6 Å². The highest BCUT2D eigenvalue weighted by Gasteiger charge is 2.35. The van der Waals surface area contributed by atoms with Crippen molar-refractivity contribution in [2.75, 3.05) is 38.5 Å². The molecule has 0 radical (unpaired) electrons. The van der Waals surface area contributed by atoms with Crippen molar-refractivity contribution in [2.45, 2.75) is 18.9 Å². The van der Waals surface area contributed by atoms with Crippen molar-refractivity contribution in [3.63, 3.8) is 0 Å². The van der Waals surface area contributed by atoms with Crippen molar-refractivity contribution in [1.29, 1.82) is 0 Å². The average Bonchev–Trinajstić information content (AvgIpc) is 2.80. The summed E-state index contributed by atoms with van der Waals surface area (Å²) in [6.45, 7) is 4.34. The molecule has 2 saturated heterocycles. The molecule has 2 N–H and O–H groups in total. The number of fused-ring (bicyclic) bond motifs is 1. The lowest BCUT2D eigenvalue weighted by Crippen LogP contribution is -2.52. The molecule has 108 valence electrons. The van der Waals surface area contributed by atoms with Crippen LogP contribution in [0.15, 0.2) is 24.3 Å². The molecule has 0 spiro atoms. The van der Waals surface area contributed by atoms with Gasteiger partial charge in [-0.15, -0.1) is 0 Å². The number of hydrogen-bond acceptors (Lipinski definition) is 4. The number of benzene rings is 1. The molecular formula is C15H21N3O2. The van der Waals surface area contributed by atoms with Gasteiger partial charge < -0.3 is 15.4 Å². The number of carbonyl (C=O) groups is 1. The fourth-order valence-electron chi connectivity index (χ4n) is 3.03. The van der Waals surface area contributed by atoms with E-state index in [4.69, 9.17) is 10.5 Å². The monoisotopic (exact) mass is 275 g/mol. The van der Waals surface area contributed by atoms with Crippen molar-refractivity contribution in [2.24, 2.45) is 0 Å². The molecule has 1 aromatic carbocycles. The van der Waals surface area contributed by atoms with Crippen LogP contribution in [0.4, 0.5) is 5.69 Å². The second-order valence-electron chi connectivity index (χ2n) is 5.50. The van der Waals surface area contributed by atoms with Gasteiger partial charge in [-0.3, -0.25) is 9.69 Å². The lowest BCUT2D eigenvalue weighted by molar-refractivity contribution is -0.130. The first-order chi connectivity index (χ1) is 9.72. The number of carbonyl (C=O) groups excluding carboxylic acids is 1. The molecule has 1 aromatic rings. The summed E-state index contributed by atoms with van der Waals surface area (Å²) >= 11 is 0. The Morgan fingerprint density at radius 2 is 2.25 bits per heavy atom. The SMILES string of the molecule is Nc1cccc(OCCN2CCN3C(=O)CCC3C2)c1. The topological polar surface area (TPSA) is 58.8 Å². The highest BCUT2D eigenvalue weighted by molar-refractivity contribution is 5.78. The van der Waals surface area contributed by atoms with Crippen molar-refractivity contribution < 1.29 is 9.53 Å². The number of amides is 1. The van der Waals surface area contributed by atoms with Crippen LogP contribution in [0.3, 0.4) is 0 Å². The Balaban J connectivity index is 1.44. The first-order valence-electron chi connectivity index (χ1n) is 7.22. The first kappa shape index (κ1) is 13.2. The Morgan fingerprint density at radius 3 is 3.10 bits per heavy atom. The maximum Gasteiger partial charge on any atom is 0.222 e. The summed E-state index contributed by atoms with van der Waals surface area (Å²) in [6, 6.07) is 7.93. The Labute approximate surface area is 119 Å². The van der Waals surface area contributed by atoms with Gasteiger partial charge in [0.15, 0.2) is 0 Å². The van der Waals surface area contributed by atoms with E-state index in [0.717, 1.165) is 50.5 Å². The summed E-state index contributed by atoms with van der Waals surface area (Å²) in [5, 5.41) is 0.